The van der Waals surface area contributed by atoms with E-state index in [1.54, 1.807) is 13.3 Å². The van der Waals surface area contributed by atoms with Crippen LogP contribution in [0.5, 0.6) is 0 Å². The van der Waals surface area contributed by atoms with E-state index in [4.69, 9.17) is 0 Å². The molecule has 1 amide bonds. The van der Waals surface area contributed by atoms with E-state index in [0.717, 1.165) is 10.9 Å². The predicted octanol–water partition coefficient (Wildman–Crippen LogP) is 1.51. The van der Waals surface area contributed by atoms with Crippen LogP contribution in [-0.4, -0.2) is 15.9 Å². The number of aromatic nitrogens is 2. The van der Waals surface area contributed by atoms with E-state index >= 15 is 0 Å². The van der Waals surface area contributed by atoms with Gasteiger partial charge in [-0.3, -0.25) is 4.79 Å². The van der Waals surface area contributed by atoms with Crippen molar-refractivity contribution < 1.29 is 4.79 Å². The molecule has 1 aromatic carbocycles. The lowest BCUT2D eigenvalue weighted by molar-refractivity contribution is -0.117. The number of benzene rings is 1. The van der Waals surface area contributed by atoms with Crippen molar-refractivity contribution in [3.63, 3.8) is 0 Å². The van der Waals surface area contributed by atoms with Gasteiger partial charge in [0.25, 0.3) is 0 Å². The molecule has 2 rings (SSSR count). The normalized spacial score (nSPS) is 9.13. The van der Waals surface area contributed by atoms with Crippen LogP contribution in [0.4, 0.5) is 0 Å². The zero-order valence-electron chi connectivity index (χ0n) is 8.55. The Kier molecular flexibility index (Phi) is 4.22. The van der Waals surface area contributed by atoms with E-state index in [1.165, 1.54) is 0 Å². The summed E-state index contributed by atoms with van der Waals surface area (Å²) in [5, 5.41) is 1.09. The third-order valence-corrected chi connectivity index (χ3v) is 1.76. The van der Waals surface area contributed by atoms with E-state index in [0.29, 0.717) is 6.42 Å². The smallest absolute Gasteiger partial charge is 0.217 e. The van der Waals surface area contributed by atoms with Crippen molar-refractivity contribution in [3.8, 4) is 0 Å². The van der Waals surface area contributed by atoms with Gasteiger partial charge in [-0.2, -0.15) is 0 Å². The Labute approximate surface area is 88.2 Å². The molecule has 0 radical (unpaired) electrons. The molecule has 0 aliphatic carbocycles. The minimum atomic E-state index is -0.245. The first-order chi connectivity index (χ1) is 7.24. The highest BCUT2D eigenvalue weighted by Crippen LogP contribution is 2.06. The summed E-state index contributed by atoms with van der Waals surface area (Å²) in [6.07, 6.45) is 3.81. The molecular weight excluding hydrogens is 190 g/mol. The molecule has 2 aromatic rings. The number of hydrogen-bond donors (Lipinski definition) is 1. The molecule has 1 aromatic heterocycles. The molecular formula is C11H13N3O. The Bertz CT molecular complexity index is 377. The second-order valence-corrected chi connectivity index (χ2v) is 2.90. The van der Waals surface area contributed by atoms with Gasteiger partial charge in [-0.05, 0) is 6.07 Å². The van der Waals surface area contributed by atoms with Crippen molar-refractivity contribution in [1.29, 1.82) is 0 Å². The zero-order chi connectivity index (χ0) is 11.1. The second kappa shape index (κ2) is 5.70. The van der Waals surface area contributed by atoms with Gasteiger partial charge >= 0.3 is 0 Å². The number of nitrogens with two attached hydrogens (primary N) is 1. The van der Waals surface area contributed by atoms with Crippen LogP contribution in [0.25, 0.3) is 10.9 Å². The molecule has 0 spiro atoms. The SMILES string of the molecule is CCC(N)=O.c1ccc2ncncc2c1. The molecule has 0 fully saturated rings. The summed E-state index contributed by atoms with van der Waals surface area (Å²) in [5.74, 6) is -0.245. The molecule has 4 heteroatoms. The van der Waals surface area contributed by atoms with E-state index in [-0.39, 0.29) is 5.91 Å². The molecule has 1 heterocycles. The van der Waals surface area contributed by atoms with Crippen molar-refractivity contribution in [1.82, 2.24) is 9.97 Å². The highest BCUT2D eigenvalue weighted by atomic mass is 16.1. The van der Waals surface area contributed by atoms with E-state index in [9.17, 15) is 4.79 Å². The van der Waals surface area contributed by atoms with Gasteiger partial charge in [0, 0.05) is 18.0 Å². The van der Waals surface area contributed by atoms with Crippen LogP contribution in [-0.2, 0) is 4.79 Å². The predicted molar refractivity (Wildman–Crippen MR) is 59.0 cm³/mol. The van der Waals surface area contributed by atoms with Gasteiger partial charge in [0.1, 0.15) is 6.33 Å². The van der Waals surface area contributed by atoms with Crippen molar-refractivity contribution >= 4 is 16.8 Å². The van der Waals surface area contributed by atoms with Gasteiger partial charge < -0.3 is 5.73 Å². The van der Waals surface area contributed by atoms with Crippen molar-refractivity contribution in [2.24, 2.45) is 5.73 Å². The minimum absolute atomic E-state index is 0.245. The fourth-order valence-corrected chi connectivity index (χ4v) is 0.923. The van der Waals surface area contributed by atoms with Gasteiger partial charge in [0.2, 0.25) is 5.91 Å². The Balaban J connectivity index is 0.000000195. The van der Waals surface area contributed by atoms with Gasteiger partial charge in [-0.1, -0.05) is 25.1 Å². The largest absolute Gasteiger partial charge is 0.370 e. The molecule has 0 unspecified atom stereocenters. The summed E-state index contributed by atoms with van der Waals surface area (Å²) in [6, 6.07) is 7.91. The average molecular weight is 203 g/mol. The Hall–Kier alpha value is -1.97. The quantitative estimate of drug-likeness (QED) is 0.763. The van der Waals surface area contributed by atoms with Crippen LogP contribution in [0.15, 0.2) is 36.8 Å². The fraction of sp³-hybridized carbons (Fsp3) is 0.182. The molecule has 15 heavy (non-hydrogen) atoms. The maximum absolute atomic E-state index is 9.59. The van der Waals surface area contributed by atoms with Gasteiger partial charge in [0.15, 0.2) is 0 Å². The number of para-hydroxylation sites is 1. The first kappa shape index (κ1) is 11.1. The lowest BCUT2D eigenvalue weighted by Gasteiger charge is -1.90. The summed E-state index contributed by atoms with van der Waals surface area (Å²) in [5.41, 5.74) is 5.65. The summed E-state index contributed by atoms with van der Waals surface area (Å²) in [4.78, 5) is 17.6. The van der Waals surface area contributed by atoms with E-state index in [2.05, 4.69) is 15.7 Å². The number of amides is 1. The Morgan fingerprint density at radius 2 is 2.07 bits per heavy atom. The number of rotatable bonds is 1. The molecule has 0 saturated heterocycles. The summed E-state index contributed by atoms with van der Waals surface area (Å²) in [7, 11) is 0. The summed E-state index contributed by atoms with van der Waals surface area (Å²) < 4.78 is 0. The topological polar surface area (TPSA) is 68.9 Å². The fourth-order valence-electron chi connectivity index (χ4n) is 0.923. The molecule has 0 aliphatic heterocycles. The molecule has 78 valence electrons. The number of nitrogens with zero attached hydrogens (tertiary/aromatic N) is 2. The molecule has 2 N–H and O–H groups in total. The maximum atomic E-state index is 9.59. The van der Waals surface area contributed by atoms with Crippen LogP contribution >= 0.6 is 0 Å². The van der Waals surface area contributed by atoms with Crippen molar-refractivity contribution in [2.45, 2.75) is 13.3 Å². The van der Waals surface area contributed by atoms with Crippen LogP contribution in [0.2, 0.25) is 0 Å². The van der Waals surface area contributed by atoms with E-state index < -0.39 is 0 Å². The highest BCUT2D eigenvalue weighted by Gasteiger charge is 1.87. The molecule has 4 nitrogen and oxygen atoms in total. The Morgan fingerprint density at radius 1 is 1.40 bits per heavy atom. The van der Waals surface area contributed by atoms with Crippen molar-refractivity contribution in [2.75, 3.05) is 0 Å². The second-order valence-electron chi connectivity index (χ2n) is 2.90. The minimum Gasteiger partial charge on any atom is -0.370 e. The molecule has 0 atom stereocenters. The van der Waals surface area contributed by atoms with E-state index in [1.807, 2.05) is 30.5 Å². The van der Waals surface area contributed by atoms with Crippen LogP contribution in [0, 0.1) is 0 Å². The first-order valence-corrected chi connectivity index (χ1v) is 4.67. The van der Waals surface area contributed by atoms with Gasteiger partial charge in [0.05, 0.1) is 5.52 Å². The molecule has 0 bridgehead atoms. The third kappa shape index (κ3) is 3.72. The van der Waals surface area contributed by atoms with Crippen molar-refractivity contribution in [3.05, 3.63) is 36.8 Å². The summed E-state index contributed by atoms with van der Waals surface area (Å²) >= 11 is 0. The number of fused-ring (bicyclic) bond motifs is 1. The Morgan fingerprint density at radius 3 is 2.67 bits per heavy atom. The summed E-state index contributed by atoms with van der Waals surface area (Å²) in [6.45, 7) is 1.72. The van der Waals surface area contributed by atoms with Crippen LogP contribution in [0.3, 0.4) is 0 Å². The number of carbonyl (C=O) groups is 1. The standard InChI is InChI=1S/C8H6N2.C3H7NO/c1-2-4-8-7(3-1)5-9-6-10-8;1-2-3(4)5/h1-6H;2H2,1H3,(H2,4,5). The third-order valence-electron chi connectivity index (χ3n) is 1.76. The maximum Gasteiger partial charge on any atom is 0.217 e. The number of carbonyl (C=O) groups excluding carboxylic acids is 1. The highest BCUT2D eigenvalue weighted by molar-refractivity contribution is 5.76. The molecule has 0 saturated carbocycles. The van der Waals surface area contributed by atoms with Gasteiger partial charge in [-0.25, -0.2) is 9.97 Å². The molecule has 0 aliphatic rings. The average Bonchev–Trinajstić information content (AvgIpc) is 2.30. The lowest BCUT2D eigenvalue weighted by atomic mass is 10.2. The lowest BCUT2D eigenvalue weighted by Crippen LogP contribution is -2.06. The number of hydrogen-bond acceptors (Lipinski definition) is 3. The first-order valence-electron chi connectivity index (χ1n) is 4.67. The number of primary amides is 1. The zero-order valence-corrected chi connectivity index (χ0v) is 8.55. The van der Waals surface area contributed by atoms with Crippen LogP contribution < -0.4 is 5.73 Å². The van der Waals surface area contributed by atoms with Crippen LogP contribution in [0.1, 0.15) is 13.3 Å². The monoisotopic (exact) mass is 203 g/mol. The van der Waals surface area contributed by atoms with Gasteiger partial charge in [-0.15, -0.1) is 0 Å².